The number of esters is 1. The molecule has 1 aliphatic carbocycles. The van der Waals surface area contributed by atoms with E-state index in [0.717, 1.165) is 18.4 Å². The quantitative estimate of drug-likeness (QED) is 0.289. The van der Waals surface area contributed by atoms with Crippen LogP contribution in [0.5, 0.6) is 11.5 Å². The Bertz CT molecular complexity index is 1280. The molecule has 1 heterocycles. The van der Waals surface area contributed by atoms with Gasteiger partial charge in [0.05, 0.1) is 31.7 Å². The molecule has 2 aliphatic rings. The van der Waals surface area contributed by atoms with Gasteiger partial charge in [-0.3, -0.25) is 14.9 Å². The van der Waals surface area contributed by atoms with Crippen molar-refractivity contribution in [1.82, 2.24) is 15.1 Å². The summed E-state index contributed by atoms with van der Waals surface area (Å²) in [5.74, 6) is 1.11. The molecule has 3 amide bonds. The van der Waals surface area contributed by atoms with Gasteiger partial charge in [-0.15, -0.1) is 0 Å². The van der Waals surface area contributed by atoms with E-state index in [-0.39, 0.29) is 25.0 Å². The van der Waals surface area contributed by atoms with Crippen molar-refractivity contribution in [1.29, 1.82) is 0 Å². The molecule has 1 aliphatic heterocycles. The van der Waals surface area contributed by atoms with Gasteiger partial charge in [-0.2, -0.15) is 0 Å². The van der Waals surface area contributed by atoms with E-state index in [0.29, 0.717) is 54.9 Å². The van der Waals surface area contributed by atoms with E-state index < -0.39 is 12.0 Å². The van der Waals surface area contributed by atoms with Crippen molar-refractivity contribution in [2.75, 3.05) is 39.2 Å². The first-order valence-electron chi connectivity index (χ1n) is 14.6. The van der Waals surface area contributed by atoms with Gasteiger partial charge in [0, 0.05) is 31.6 Å². The van der Waals surface area contributed by atoms with Crippen molar-refractivity contribution in [3.63, 3.8) is 0 Å². The number of hydrogen-bond acceptors (Lipinski definition) is 8. The van der Waals surface area contributed by atoms with Gasteiger partial charge in [-0.05, 0) is 56.5 Å². The number of amides is 3. The maximum absolute atomic E-state index is 12.9. The largest absolute Gasteiger partial charge is 0.495 e. The number of ether oxygens (including phenoxy) is 3. The lowest BCUT2D eigenvalue weighted by atomic mass is 9.94. The minimum atomic E-state index is -0.529. The van der Waals surface area contributed by atoms with Crippen molar-refractivity contribution in [3.8, 4) is 11.5 Å². The standard InChI is InChI=1S/C31H41N5O6/c1-4-41-29(38)21-36-20-22-19-24(42-18-10-15-28(37)35(2)23-11-6-5-7-12-23)16-17-25(22)32-30(36)34-31(39)33-26-13-8-9-14-27(26)40-3/h8-9,13-14,16-17,19,23H,4-7,10-12,15,18,20-21H2,1-3H3,(H2,32,33,34,39). The number of nitrogens with zero attached hydrogens (tertiary/aromatic N) is 3. The fourth-order valence-corrected chi connectivity index (χ4v) is 5.22. The number of fused-ring (bicyclic) bond motifs is 1. The van der Waals surface area contributed by atoms with Crippen LogP contribution in [0.1, 0.15) is 57.4 Å². The average molecular weight is 580 g/mol. The second-order valence-corrected chi connectivity index (χ2v) is 10.4. The van der Waals surface area contributed by atoms with Crippen LogP contribution >= 0.6 is 0 Å². The molecule has 226 valence electrons. The summed E-state index contributed by atoms with van der Waals surface area (Å²) in [6.45, 7) is 2.61. The zero-order chi connectivity index (χ0) is 29.9. The summed E-state index contributed by atoms with van der Waals surface area (Å²) in [6, 6.07) is 12.4. The van der Waals surface area contributed by atoms with Crippen LogP contribution in [-0.2, 0) is 20.9 Å². The van der Waals surface area contributed by atoms with E-state index in [1.165, 1.54) is 26.4 Å². The van der Waals surface area contributed by atoms with Crippen LogP contribution < -0.4 is 20.1 Å². The zero-order valence-corrected chi connectivity index (χ0v) is 24.7. The van der Waals surface area contributed by atoms with Crippen molar-refractivity contribution in [3.05, 3.63) is 48.0 Å². The van der Waals surface area contributed by atoms with E-state index in [9.17, 15) is 14.4 Å². The molecule has 2 aromatic carbocycles. The topological polar surface area (TPSA) is 122 Å². The fourth-order valence-electron chi connectivity index (χ4n) is 5.22. The number of para-hydroxylation sites is 2. The third-order valence-electron chi connectivity index (χ3n) is 7.46. The Hall–Kier alpha value is -4.28. The number of benzene rings is 2. The minimum Gasteiger partial charge on any atom is -0.495 e. The van der Waals surface area contributed by atoms with Crippen LogP contribution in [0.3, 0.4) is 0 Å². The predicted molar refractivity (Wildman–Crippen MR) is 160 cm³/mol. The number of aliphatic imine (C=N–C) groups is 1. The molecule has 1 saturated carbocycles. The molecule has 0 atom stereocenters. The maximum Gasteiger partial charge on any atom is 0.326 e. The number of methoxy groups -OCH3 is 1. The Morgan fingerprint density at radius 3 is 2.62 bits per heavy atom. The Labute approximate surface area is 247 Å². The lowest BCUT2D eigenvalue weighted by Crippen LogP contribution is -2.48. The lowest BCUT2D eigenvalue weighted by Gasteiger charge is -2.31. The normalized spacial score (nSPS) is 14.7. The van der Waals surface area contributed by atoms with Crippen LogP contribution in [0.15, 0.2) is 47.5 Å². The highest BCUT2D eigenvalue weighted by Crippen LogP contribution is 2.30. The van der Waals surface area contributed by atoms with Gasteiger partial charge in [0.2, 0.25) is 11.9 Å². The fraction of sp³-hybridized carbons (Fsp3) is 0.484. The first-order chi connectivity index (χ1) is 20.4. The second kappa shape index (κ2) is 15.1. The molecule has 0 saturated heterocycles. The van der Waals surface area contributed by atoms with Gasteiger partial charge in [0.25, 0.3) is 0 Å². The summed E-state index contributed by atoms with van der Waals surface area (Å²) in [5.41, 5.74) is 1.98. The number of carbonyl (C=O) groups excluding carboxylic acids is 3. The first kappa shape index (κ1) is 30.7. The maximum atomic E-state index is 12.9. The van der Waals surface area contributed by atoms with Crippen LogP contribution in [0.25, 0.3) is 0 Å². The lowest BCUT2D eigenvalue weighted by molar-refractivity contribution is -0.143. The molecule has 42 heavy (non-hydrogen) atoms. The summed E-state index contributed by atoms with van der Waals surface area (Å²) in [5, 5.41) is 5.51. The molecular formula is C31H41N5O6. The van der Waals surface area contributed by atoms with E-state index in [4.69, 9.17) is 14.2 Å². The van der Waals surface area contributed by atoms with E-state index in [1.54, 1.807) is 36.1 Å². The number of nitrogens with one attached hydrogen (secondary N) is 2. The van der Waals surface area contributed by atoms with Gasteiger partial charge in [-0.1, -0.05) is 31.4 Å². The molecule has 2 N–H and O–H groups in total. The molecule has 0 spiro atoms. The average Bonchev–Trinajstić information content (AvgIpc) is 3.00. The summed E-state index contributed by atoms with van der Waals surface area (Å²) >= 11 is 0. The third kappa shape index (κ3) is 8.37. The molecule has 0 aromatic heterocycles. The van der Waals surface area contributed by atoms with Gasteiger partial charge >= 0.3 is 12.0 Å². The first-order valence-corrected chi connectivity index (χ1v) is 14.6. The van der Waals surface area contributed by atoms with E-state index >= 15 is 0 Å². The Morgan fingerprint density at radius 2 is 1.86 bits per heavy atom. The Kier molecular flexibility index (Phi) is 11.0. The van der Waals surface area contributed by atoms with E-state index in [1.807, 2.05) is 30.1 Å². The minimum absolute atomic E-state index is 0.0945. The molecule has 0 radical (unpaired) electrons. The molecule has 2 aromatic rings. The van der Waals surface area contributed by atoms with Crippen molar-refractivity contribution in [2.45, 2.75) is 64.5 Å². The van der Waals surface area contributed by atoms with Gasteiger partial charge in [0.15, 0.2) is 0 Å². The highest BCUT2D eigenvalue weighted by atomic mass is 16.5. The SMILES string of the molecule is CCOC(=O)CN1Cc2cc(OCCCC(=O)N(C)C3CCCCC3)ccc2N=C1NC(=O)Nc1ccccc1OC. The second-order valence-electron chi connectivity index (χ2n) is 10.4. The number of rotatable bonds is 11. The highest BCUT2D eigenvalue weighted by molar-refractivity contribution is 6.04. The van der Waals surface area contributed by atoms with Gasteiger partial charge in [0.1, 0.15) is 18.0 Å². The predicted octanol–water partition coefficient (Wildman–Crippen LogP) is 4.83. The highest BCUT2D eigenvalue weighted by Gasteiger charge is 2.25. The summed E-state index contributed by atoms with van der Waals surface area (Å²) in [7, 11) is 3.44. The molecule has 0 bridgehead atoms. The zero-order valence-electron chi connectivity index (χ0n) is 24.7. The smallest absolute Gasteiger partial charge is 0.326 e. The summed E-state index contributed by atoms with van der Waals surface area (Å²) in [4.78, 5) is 46.0. The number of carbonyl (C=O) groups is 3. The number of hydrogen-bond donors (Lipinski definition) is 2. The van der Waals surface area contributed by atoms with Crippen LogP contribution in [0.2, 0.25) is 0 Å². The third-order valence-corrected chi connectivity index (χ3v) is 7.46. The van der Waals surface area contributed by atoms with Crippen LogP contribution in [0, 0.1) is 0 Å². The van der Waals surface area contributed by atoms with Gasteiger partial charge < -0.3 is 29.3 Å². The molecule has 0 unspecified atom stereocenters. The van der Waals surface area contributed by atoms with E-state index in [2.05, 4.69) is 15.6 Å². The number of guanidine groups is 1. The molecule has 11 heteroatoms. The van der Waals surface area contributed by atoms with Crippen LogP contribution in [0.4, 0.5) is 16.2 Å². The van der Waals surface area contributed by atoms with Crippen molar-refractivity contribution in [2.24, 2.45) is 4.99 Å². The molecular weight excluding hydrogens is 538 g/mol. The van der Waals surface area contributed by atoms with Crippen LogP contribution in [-0.4, -0.2) is 73.6 Å². The van der Waals surface area contributed by atoms with Crippen molar-refractivity contribution < 1.29 is 28.6 Å². The molecule has 4 rings (SSSR count). The molecule has 1 fully saturated rings. The number of urea groups is 1. The van der Waals surface area contributed by atoms with Gasteiger partial charge in [-0.25, -0.2) is 9.79 Å². The Balaban J connectivity index is 1.38. The molecule has 11 nitrogen and oxygen atoms in total. The monoisotopic (exact) mass is 579 g/mol. The Morgan fingerprint density at radius 1 is 1.07 bits per heavy atom. The number of anilines is 1. The van der Waals surface area contributed by atoms with Crippen molar-refractivity contribution >= 4 is 35.2 Å². The summed E-state index contributed by atoms with van der Waals surface area (Å²) < 4.78 is 16.4. The summed E-state index contributed by atoms with van der Waals surface area (Å²) in [6.07, 6.45) is 6.89.